The van der Waals surface area contributed by atoms with Crippen molar-refractivity contribution in [3.05, 3.63) is 28.7 Å². The van der Waals surface area contributed by atoms with Crippen LogP contribution >= 0.6 is 27.7 Å². The number of nitrogens with zero attached hydrogens (tertiary/aromatic N) is 1. The Labute approximate surface area is 107 Å². The molecule has 0 spiro atoms. The summed E-state index contributed by atoms with van der Waals surface area (Å²) in [6.45, 7) is 0.668. The molecule has 4 nitrogen and oxygen atoms in total. The van der Waals surface area contributed by atoms with Crippen LogP contribution < -0.4 is 4.72 Å². The van der Waals surface area contributed by atoms with Crippen LogP contribution in [0.15, 0.2) is 38.6 Å². The molecule has 1 aromatic carbocycles. The molecule has 0 fully saturated rings. The molecule has 0 amide bonds. The van der Waals surface area contributed by atoms with Crippen molar-refractivity contribution in [2.45, 2.75) is 4.90 Å². The number of sulfonamides is 1. The molecular formula is C9H9BrN2O2S2. The molecule has 0 atom stereocenters. The maximum Gasteiger partial charge on any atom is 0.263 e. The van der Waals surface area contributed by atoms with Crippen LogP contribution in [0.3, 0.4) is 0 Å². The smallest absolute Gasteiger partial charge is 0.261 e. The molecular weight excluding hydrogens is 312 g/mol. The average Bonchev–Trinajstić information content (AvgIpc) is 2.70. The largest absolute Gasteiger partial charge is 0.263 e. The monoisotopic (exact) mass is 320 g/mol. The van der Waals surface area contributed by atoms with Crippen molar-refractivity contribution >= 4 is 42.9 Å². The predicted octanol–water partition coefficient (Wildman–Crippen LogP) is 1.83. The maximum absolute atomic E-state index is 11.9. The number of benzene rings is 1. The summed E-state index contributed by atoms with van der Waals surface area (Å²) in [7, 11) is -3.50. The van der Waals surface area contributed by atoms with E-state index >= 15 is 0 Å². The molecule has 0 unspecified atom stereocenters. The SMILES string of the molecule is O=S(=O)(NC1=NCCS1)c1cccc(Br)c1. The normalized spacial score (nSPS) is 15.9. The summed E-state index contributed by atoms with van der Waals surface area (Å²) in [6.07, 6.45) is 0. The molecule has 16 heavy (non-hydrogen) atoms. The van der Waals surface area contributed by atoms with Gasteiger partial charge in [-0.3, -0.25) is 9.71 Å². The highest BCUT2D eigenvalue weighted by Gasteiger charge is 2.18. The molecule has 0 bridgehead atoms. The van der Waals surface area contributed by atoms with Gasteiger partial charge in [0.25, 0.3) is 10.0 Å². The first-order chi connectivity index (χ1) is 7.58. The Kier molecular flexibility index (Phi) is 3.56. The van der Waals surface area contributed by atoms with E-state index in [1.807, 2.05) is 0 Å². The number of hydrogen-bond donors (Lipinski definition) is 1. The molecule has 86 valence electrons. The Morgan fingerprint density at radius 3 is 2.88 bits per heavy atom. The Bertz CT molecular complexity index is 528. The van der Waals surface area contributed by atoms with Crippen molar-refractivity contribution in [3.63, 3.8) is 0 Å². The van der Waals surface area contributed by atoms with Crippen LogP contribution in [0.5, 0.6) is 0 Å². The van der Waals surface area contributed by atoms with E-state index in [1.165, 1.54) is 11.8 Å². The highest BCUT2D eigenvalue weighted by Crippen LogP contribution is 2.17. The van der Waals surface area contributed by atoms with Crippen molar-refractivity contribution in [1.82, 2.24) is 4.72 Å². The standard InChI is InChI=1S/C9H9BrN2O2S2/c10-7-2-1-3-8(6-7)16(13,14)12-9-11-4-5-15-9/h1-3,6H,4-5H2,(H,11,12). The first kappa shape index (κ1) is 11.9. The van der Waals surface area contributed by atoms with Crippen LogP contribution in [0.4, 0.5) is 0 Å². The summed E-state index contributed by atoms with van der Waals surface area (Å²) >= 11 is 4.66. The van der Waals surface area contributed by atoms with Crippen molar-refractivity contribution < 1.29 is 8.42 Å². The number of aliphatic imine (C=N–C) groups is 1. The van der Waals surface area contributed by atoms with E-state index in [1.54, 1.807) is 24.3 Å². The summed E-state index contributed by atoms with van der Waals surface area (Å²) in [5.74, 6) is 0.830. The first-order valence-electron chi connectivity index (χ1n) is 4.53. The zero-order valence-corrected chi connectivity index (χ0v) is 11.4. The van der Waals surface area contributed by atoms with E-state index in [0.29, 0.717) is 11.7 Å². The van der Waals surface area contributed by atoms with Crippen LogP contribution in [0, 0.1) is 0 Å². The number of halogens is 1. The maximum atomic E-state index is 11.9. The molecule has 0 aromatic heterocycles. The van der Waals surface area contributed by atoms with Gasteiger partial charge in [0.1, 0.15) is 0 Å². The summed E-state index contributed by atoms with van der Waals surface area (Å²) in [4.78, 5) is 4.28. The average molecular weight is 321 g/mol. The lowest BCUT2D eigenvalue weighted by Crippen LogP contribution is -2.27. The topological polar surface area (TPSA) is 58.5 Å². The molecule has 1 aliphatic rings. The first-order valence-corrected chi connectivity index (χ1v) is 7.80. The van der Waals surface area contributed by atoms with Gasteiger partial charge >= 0.3 is 0 Å². The molecule has 1 N–H and O–H groups in total. The van der Waals surface area contributed by atoms with Gasteiger partial charge in [-0.15, -0.1) is 0 Å². The highest BCUT2D eigenvalue weighted by molar-refractivity contribution is 9.10. The number of nitrogens with one attached hydrogen (secondary N) is 1. The zero-order chi connectivity index (χ0) is 11.6. The fourth-order valence-electron chi connectivity index (χ4n) is 1.20. The Morgan fingerprint density at radius 1 is 1.44 bits per heavy atom. The Hall–Kier alpha value is -0.530. The minimum absolute atomic E-state index is 0.233. The molecule has 1 aliphatic heterocycles. The van der Waals surface area contributed by atoms with Crippen LogP contribution in [0.2, 0.25) is 0 Å². The fourth-order valence-corrected chi connectivity index (χ4v) is 3.83. The van der Waals surface area contributed by atoms with Crippen molar-refractivity contribution in [2.24, 2.45) is 4.99 Å². The number of hydrogen-bond acceptors (Lipinski definition) is 4. The summed E-state index contributed by atoms with van der Waals surface area (Å²) in [5, 5.41) is 0.472. The van der Waals surface area contributed by atoms with Gasteiger partial charge in [0.05, 0.1) is 11.4 Å². The molecule has 1 aromatic rings. The third-order valence-electron chi connectivity index (χ3n) is 1.91. The third kappa shape index (κ3) is 2.78. The molecule has 0 radical (unpaired) electrons. The minimum atomic E-state index is -3.50. The van der Waals surface area contributed by atoms with E-state index < -0.39 is 10.0 Å². The predicted molar refractivity (Wildman–Crippen MR) is 69.2 cm³/mol. The quantitative estimate of drug-likeness (QED) is 0.904. The van der Waals surface area contributed by atoms with Crippen molar-refractivity contribution in [1.29, 1.82) is 0 Å². The van der Waals surface area contributed by atoms with Gasteiger partial charge in [0.15, 0.2) is 5.17 Å². The van der Waals surface area contributed by atoms with Gasteiger partial charge in [-0.25, -0.2) is 8.42 Å². The zero-order valence-electron chi connectivity index (χ0n) is 8.18. The molecule has 7 heteroatoms. The van der Waals surface area contributed by atoms with E-state index in [0.717, 1.165) is 10.2 Å². The Morgan fingerprint density at radius 2 is 2.25 bits per heavy atom. The number of amidine groups is 1. The minimum Gasteiger partial charge on any atom is -0.261 e. The van der Waals surface area contributed by atoms with Gasteiger partial charge < -0.3 is 0 Å². The van der Waals surface area contributed by atoms with Gasteiger partial charge in [0, 0.05) is 10.2 Å². The lowest BCUT2D eigenvalue weighted by Gasteiger charge is -2.06. The fraction of sp³-hybridized carbons (Fsp3) is 0.222. The van der Waals surface area contributed by atoms with Crippen molar-refractivity contribution in [3.8, 4) is 0 Å². The second-order valence-electron chi connectivity index (χ2n) is 3.10. The third-order valence-corrected chi connectivity index (χ3v) is 4.76. The molecule has 0 aliphatic carbocycles. The number of rotatable bonds is 2. The molecule has 1 heterocycles. The van der Waals surface area contributed by atoms with Gasteiger partial charge in [-0.05, 0) is 18.2 Å². The lowest BCUT2D eigenvalue weighted by molar-refractivity contribution is 0.593. The lowest BCUT2D eigenvalue weighted by atomic mass is 10.4. The van der Waals surface area contributed by atoms with Gasteiger partial charge in [0.2, 0.25) is 0 Å². The van der Waals surface area contributed by atoms with Crippen LogP contribution in [0.25, 0.3) is 0 Å². The van der Waals surface area contributed by atoms with Crippen LogP contribution in [-0.4, -0.2) is 25.9 Å². The van der Waals surface area contributed by atoms with E-state index in [-0.39, 0.29) is 4.90 Å². The highest BCUT2D eigenvalue weighted by atomic mass is 79.9. The van der Waals surface area contributed by atoms with E-state index in [9.17, 15) is 8.42 Å². The van der Waals surface area contributed by atoms with Crippen LogP contribution in [0.1, 0.15) is 0 Å². The second-order valence-corrected chi connectivity index (χ2v) is 6.78. The van der Waals surface area contributed by atoms with Crippen LogP contribution in [-0.2, 0) is 10.0 Å². The molecule has 2 rings (SSSR count). The summed E-state index contributed by atoms with van der Waals surface area (Å²) < 4.78 is 27.0. The number of thioether (sulfide) groups is 1. The van der Waals surface area contributed by atoms with Gasteiger partial charge in [-0.2, -0.15) is 0 Å². The Balaban J connectivity index is 2.25. The second kappa shape index (κ2) is 4.77. The van der Waals surface area contributed by atoms with Gasteiger partial charge in [-0.1, -0.05) is 33.8 Å². The molecule has 0 saturated heterocycles. The van der Waals surface area contributed by atoms with E-state index in [4.69, 9.17) is 0 Å². The molecule has 0 saturated carbocycles. The van der Waals surface area contributed by atoms with Crippen molar-refractivity contribution in [2.75, 3.05) is 12.3 Å². The summed E-state index contributed by atoms with van der Waals surface area (Å²) in [5.41, 5.74) is 0. The van der Waals surface area contributed by atoms with E-state index in [2.05, 4.69) is 25.6 Å². The summed E-state index contributed by atoms with van der Waals surface area (Å²) in [6, 6.07) is 6.57.